The van der Waals surface area contributed by atoms with Crippen LogP contribution in [0.1, 0.15) is 29.2 Å². The number of benzene rings is 2. The third-order valence-electron chi connectivity index (χ3n) is 4.59. The summed E-state index contributed by atoms with van der Waals surface area (Å²) in [6.45, 7) is 0. The Morgan fingerprint density at radius 3 is 2.68 bits per heavy atom. The van der Waals surface area contributed by atoms with Gasteiger partial charge in [-0.2, -0.15) is 0 Å². The average molecular weight is 292 g/mol. The minimum Gasteiger partial charge on any atom is -0.311 e. The fourth-order valence-electron chi connectivity index (χ4n) is 3.54. The standard InChI is InChI=1S/C18H16N2O2/c21-17-15-9-8-12(10-16(15)19-18(22)20-17)14-7-3-5-11-4-1-2-6-13(11)14/h1-7,12H,8-10H2,(H2,19,20,21,22). The summed E-state index contributed by atoms with van der Waals surface area (Å²) in [5.41, 5.74) is 2.16. The molecule has 0 spiro atoms. The lowest BCUT2D eigenvalue weighted by Gasteiger charge is -2.24. The van der Waals surface area contributed by atoms with E-state index in [9.17, 15) is 9.59 Å². The summed E-state index contributed by atoms with van der Waals surface area (Å²) in [6, 6.07) is 14.7. The molecule has 3 aromatic rings. The smallest absolute Gasteiger partial charge is 0.311 e. The van der Waals surface area contributed by atoms with E-state index in [-0.39, 0.29) is 5.56 Å². The quantitative estimate of drug-likeness (QED) is 0.723. The van der Waals surface area contributed by atoms with Gasteiger partial charge in [0.1, 0.15) is 0 Å². The first-order valence-electron chi connectivity index (χ1n) is 7.54. The molecule has 1 aliphatic carbocycles. The van der Waals surface area contributed by atoms with Crippen LogP contribution in [0.15, 0.2) is 52.1 Å². The summed E-state index contributed by atoms with van der Waals surface area (Å²) in [5.74, 6) is 0.330. The van der Waals surface area contributed by atoms with Gasteiger partial charge in [-0.3, -0.25) is 9.78 Å². The Hall–Kier alpha value is -2.62. The van der Waals surface area contributed by atoms with E-state index in [1.807, 2.05) is 6.07 Å². The fourth-order valence-corrected chi connectivity index (χ4v) is 3.54. The number of H-pyrrole nitrogens is 2. The van der Waals surface area contributed by atoms with Crippen LogP contribution in [0.4, 0.5) is 0 Å². The van der Waals surface area contributed by atoms with Crippen molar-refractivity contribution >= 4 is 10.8 Å². The van der Waals surface area contributed by atoms with E-state index in [1.165, 1.54) is 16.3 Å². The Morgan fingerprint density at radius 1 is 0.955 bits per heavy atom. The lowest BCUT2D eigenvalue weighted by Crippen LogP contribution is -2.31. The number of rotatable bonds is 1. The lowest BCUT2D eigenvalue weighted by atomic mass is 9.81. The van der Waals surface area contributed by atoms with Gasteiger partial charge in [0.25, 0.3) is 5.56 Å². The Balaban J connectivity index is 1.81. The van der Waals surface area contributed by atoms with Crippen molar-refractivity contribution in [1.82, 2.24) is 9.97 Å². The molecule has 1 aliphatic rings. The number of hydrogen-bond donors (Lipinski definition) is 2. The van der Waals surface area contributed by atoms with E-state index >= 15 is 0 Å². The van der Waals surface area contributed by atoms with Gasteiger partial charge in [0.05, 0.1) is 0 Å². The molecule has 110 valence electrons. The summed E-state index contributed by atoms with van der Waals surface area (Å²) >= 11 is 0. The van der Waals surface area contributed by atoms with Crippen LogP contribution in [0.2, 0.25) is 0 Å². The normalized spacial score (nSPS) is 17.4. The topological polar surface area (TPSA) is 65.7 Å². The van der Waals surface area contributed by atoms with Crippen LogP contribution in [0.3, 0.4) is 0 Å². The van der Waals surface area contributed by atoms with E-state index in [0.717, 1.165) is 17.7 Å². The summed E-state index contributed by atoms with van der Waals surface area (Å²) in [6.07, 6.45) is 2.34. The molecule has 1 unspecified atom stereocenters. The molecule has 22 heavy (non-hydrogen) atoms. The van der Waals surface area contributed by atoms with E-state index in [0.29, 0.717) is 18.8 Å². The van der Waals surface area contributed by atoms with Crippen LogP contribution in [0, 0.1) is 0 Å². The van der Waals surface area contributed by atoms with Gasteiger partial charge >= 0.3 is 5.69 Å². The fraction of sp³-hybridized carbons (Fsp3) is 0.222. The van der Waals surface area contributed by atoms with Gasteiger partial charge in [0, 0.05) is 11.3 Å². The number of aromatic nitrogens is 2. The Labute approximate surface area is 126 Å². The molecule has 0 bridgehead atoms. The SMILES string of the molecule is O=c1[nH]c2c(c(=O)[nH]1)CCC(c1cccc3ccccc13)C2. The molecule has 2 N–H and O–H groups in total. The maximum Gasteiger partial charge on any atom is 0.325 e. The molecule has 1 aromatic heterocycles. The highest BCUT2D eigenvalue weighted by atomic mass is 16.2. The maximum absolute atomic E-state index is 11.9. The van der Waals surface area contributed by atoms with Crippen molar-refractivity contribution in [3.05, 3.63) is 80.1 Å². The minimum atomic E-state index is -0.415. The highest BCUT2D eigenvalue weighted by Gasteiger charge is 2.24. The van der Waals surface area contributed by atoms with Crippen molar-refractivity contribution < 1.29 is 0 Å². The molecular formula is C18H16N2O2. The van der Waals surface area contributed by atoms with Crippen LogP contribution in [0.5, 0.6) is 0 Å². The summed E-state index contributed by atoms with van der Waals surface area (Å²) in [4.78, 5) is 28.5. The van der Waals surface area contributed by atoms with Crippen molar-refractivity contribution in [3.8, 4) is 0 Å². The van der Waals surface area contributed by atoms with E-state index < -0.39 is 5.69 Å². The molecular weight excluding hydrogens is 276 g/mol. The van der Waals surface area contributed by atoms with Crippen molar-refractivity contribution in [2.75, 3.05) is 0 Å². The molecule has 0 saturated carbocycles. The Kier molecular flexibility index (Phi) is 2.96. The van der Waals surface area contributed by atoms with Gasteiger partial charge in [-0.05, 0) is 41.5 Å². The van der Waals surface area contributed by atoms with Gasteiger partial charge in [0.15, 0.2) is 0 Å². The van der Waals surface area contributed by atoms with Crippen LogP contribution in [-0.2, 0) is 12.8 Å². The van der Waals surface area contributed by atoms with Crippen LogP contribution < -0.4 is 11.2 Å². The molecule has 0 radical (unpaired) electrons. The van der Waals surface area contributed by atoms with Crippen molar-refractivity contribution in [3.63, 3.8) is 0 Å². The molecule has 1 heterocycles. The predicted molar refractivity (Wildman–Crippen MR) is 86.4 cm³/mol. The zero-order chi connectivity index (χ0) is 15.1. The number of hydrogen-bond acceptors (Lipinski definition) is 2. The molecule has 0 saturated heterocycles. The zero-order valence-corrected chi connectivity index (χ0v) is 12.1. The highest BCUT2D eigenvalue weighted by Crippen LogP contribution is 2.34. The van der Waals surface area contributed by atoms with Gasteiger partial charge in [-0.25, -0.2) is 4.79 Å². The summed E-state index contributed by atoms with van der Waals surface area (Å²) in [5, 5.41) is 2.48. The second-order valence-electron chi connectivity index (χ2n) is 5.87. The molecule has 4 nitrogen and oxygen atoms in total. The number of fused-ring (bicyclic) bond motifs is 2. The van der Waals surface area contributed by atoms with E-state index in [2.05, 4.69) is 46.4 Å². The monoisotopic (exact) mass is 292 g/mol. The minimum absolute atomic E-state index is 0.241. The molecule has 1 atom stereocenters. The number of nitrogens with one attached hydrogen (secondary N) is 2. The molecule has 0 aliphatic heterocycles. The second kappa shape index (κ2) is 4.98. The first kappa shape index (κ1) is 13.1. The first-order valence-corrected chi connectivity index (χ1v) is 7.54. The molecule has 0 amide bonds. The first-order chi connectivity index (χ1) is 10.7. The van der Waals surface area contributed by atoms with Gasteiger partial charge < -0.3 is 4.98 Å². The van der Waals surface area contributed by atoms with E-state index in [1.54, 1.807) is 0 Å². The van der Waals surface area contributed by atoms with Crippen molar-refractivity contribution in [2.45, 2.75) is 25.2 Å². The maximum atomic E-state index is 11.9. The third kappa shape index (κ3) is 2.08. The predicted octanol–water partition coefficient (Wildman–Crippen LogP) is 2.49. The van der Waals surface area contributed by atoms with Gasteiger partial charge in [-0.15, -0.1) is 0 Å². The summed E-state index contributed by atoms with van der Waals surface area (Å²) < 4.78 is 0. The van der Waals surface area contributed by atoms with E-state index in [4.69, 9.17) is 0 Å². The van der Waals surface area contributed by atoms with Gasteiger partial charge in [0.2, 0.25) is 0 Å². The van der Waals surface area contributed by atoms with Crippen molar-refractivity contribution in [2.24, 2.45) is 0 Å². The molecule has 4 heteroatoms. The molecule has 2 aromatic carbocycles. The number of aromatic amines is 2. The van der Waals surface area contributed by atoms with Crippen LogP contribution in [0.25, 0.3) is 10.8 Å². The van der Waals surface area contributed by atoms with Gasteiger partial charge in [-0.1, -0.05) is 42.5 Å². The largest absolute Gasteiger partial charge is 0.325 e. The molecule has 0 fully saturated rings. The Morgan fingerprint density at radius 2 is 1.77 bits per heavy atom. The van der Waals surface area contributed by atoms with Crippen LogP contribution >= 0.6 is 0 Å². The van der Waals surface area contributed by atoms with Crippen molar-refractivity contribution in [1.29, 1.82) is 0 Å². The average Bonchev–Trinajstić information content (AvgIpc) is 2.53. The summed E-state index contributed by atoms with van der Waals surface area (Å²) in [7, 11) is 0. The Bertz CT molecular complexity index is 963. The molecule has 4 rings (SSSR count). The highest BCUT2D eigenvalue weighted by molar-refractivity contribution is 5.86. The third-order valence-corrected chi connectivity index (χ3v) is 4.59. The second-order valence-corrected chi connectivity index (χ2v) is 5.87. The van der Waals surface area contributed by atoms with Crippen LogP contribution in [-0.4, -0.2) is 9.97 Å². The lowest BCUT2D eigenvalue weighted by molar-refractivity contribution is 0.567. The zero-order valence-electron chi connectivity index (χ0n) is 12.1.